The van der Waals surface area contributed by atoms with Crippen molar-refractivity contribution in [3.8, 4) is 12.1 Å². The average molecular weight is 557 g/mol. The molecule has 0 aliphatic carbocycles. The lowest BCUT2D eigenvalue weighted by molar-refractivity contribution is -0.131. The van der Waals surface area contributed by atoms with Gasteiger partial charge in [0.2, 0.25) is 0 Å². The molecule has 2 fully saturated rings. The molecule has 1 aromatic rings. The second-order valence-corrected chi connectivity index (χ2v) is 10.7. The normalized spacial score (nSPS) is 20.2. The van der Waals surface area contributed by atoms with E-state index in [4.69, 9.17) is 4.74 Å². The van der Waals surface area contributed by atoms with Crippen molar-refractivity contribution in [2.24, 2.45) is 0 Å². The first-order valence-corrected chi connectivity index (χ1v) is 13.2. The van der Waals surface area contributed by atoms with Crippen LogP contribution in [-0.2, 0) is 16.0 Å². The molecule has 0 spiro atoms. The van der Waals surface area contributed by atoms with E-state index in [0.29, 0.717) is 30.5 Å². The molecule has 3 N–H and O–H groups in total. The van der Waals surface area contributed by atoms with Crippen LogP contribution in [0.5, 0.6) is 0 Å². The Balaban J connectivity index is 1.64. The van der Waals surface area contributed by atoms with Crippen LogP contribution < -0.4 is 5.32 Å². The van der Waals surface area contributed by atoms with E-state index >= 15 is 0 Å². The van der Waals surface area contributed by atoms with Crippen LogP contribution in [0.15, 0.2) is 35.9 Å². The molecule has 40 heavy (non-hydrogen) atoms. The van der Waals surface area contributed by atoms with Gasteiger partial charge in [-0.3, -0.25) is 9.69 Å². The predicted octanol–water partition coefficient (Wildman–Crippen LogP) is 2.16. The van der Waals surface area contributed by atoms with Gasteiger partial charge in [0, 0.05) is 25.0 Å². The zero-order chi connectivity index (χ0) is 29.5. The molecule has 13 heteroatoms. The number of likely N-dealkylation sites (tertiary alicyclic amines) is 2. The molecule has 3 rings (SSSR count). The monoisotopic (exact) mass is 557 g/mol. The summed E-state index contributed by atoms with van der Waals surface area (Å²) in [6.07, 6.45) is 2.14. The second kappa shape index (κ2) is 13.2. The van der Waals surface area contributed by atoms with Gasteiger partial charge < -0.3 is 25.0 Å². The predicted molar refractivity (Wildman–Crippen MR) is 142 cm³/mol. The maximum absolute atomic E-state index is 13.8. The molecule has 0 unspecified atom stereocenters. The quantitative estimate of drug-likeness (QED) is 0.238. The highest BCUT2D eigenvalue weighted by molar-refractivity contribution is 6.43. The molecule has 10 nitrogen and oxygen atoms in total. The zero-order valence-corrected chi connectivity index (χ0v) is 22.6. The highest BCUT2D eigenvalue weighted by atomic mass is 19.3. The van der Waals surface area contributed by atoms with Gasteiger partial charge in [0.15, 0.2) is 0 Å². The molecule has 214 valence electrons. The summed E-state index contributed by atoms with van der Waals surface area (Å²) in [5.41, 5.74) is -0.269. The summed E-state index contributed by atoms with van der Waals surface area (Å²) < 4.78 is 32.9. The standard InChI is InChI=1S/C27H34BF2N5O5/c1-26(2,34-12-10-27(29,30)18-34)14-21(16-32)24(36)35-11-6-5-9-22(35)17-40-25(37)33-23(28(38)39)13-19-7-3-4-8-20(19)15-31/h3-4,7-8,14,22-23,38-39H,5-6,9-13,17-18H2,1-2H3,(H,33,37)/t22-,23+/m1/s1. The molecular formula is C27H34BF2N5O5. The topological polar surface area (TPSA) is 150 Å². The Hall–Kier alpha value is -3.52. The Labute approximate surface area is 232 Å². The summed E-state index contributed by atoms with van der Waals surface area (Å²) in [5.74, 6) is -4.53. The molecule has 0 radical (unpaired) electrons. The minimum atomic E-state index is -2.82. The summed E-state index contributed by atoms with van der Waals surface area (Å²) in [7, 11) is -1.92. The van der Waals surface area contributed by atoms with Crippen molar-refractivity contribution in [3.63, 3.8) is 0 Å². The number of alkyl carbamates (subject to hydrolysis) is 1. The van der Waals surface area contributed by atoms with E-state index in [1.54, 1.807) is 43.0 Å². The number of amides is 2. The largest absolute Gasteiger partial charge is 0.475 e. The number of carbonyl (C=O) groups excluding carboxylic acids is 2. The molecule has 2 aliphatic rings. The molecule has 2 saturated heterocycles. The Morgan fingerprint density at radius 1 is 1.27 bits per heavy atom. The van der Waals surface area contributed by atoms with Gasteiger partial charge in [-0.05, 0) is 57.2 Å². The van der Waals surface area contributed by atoms with Gasteiger partial charge in [-0.25, -0.2) is 13.6 Å². The van der Waals surface area contributed by atoms with Crippen LogP contribution in [0.25, 0.3) is 0 Å². The van der Waals surface area contributed by atoms with Crippen LogP contribution in [0, 0.1) is 22.7 Å². The van der Waals surface area contributed by atoms with Crippen LogP contribution in [0.3, 0.4) is 0 Å². The Morgan fingerprint density at radius 3 is 2.62 bits per heavy atom. The van der Waals surface area contributed by atoms with Crippen molar-refractivity contribution in [2.75, 3.05) is 26.2 Å². The lowest BCUT2D eigenvalue weighted by atomic mass is 9.75. The highest BCUT2D eigenvalue weighted by Crippen LogP contribution is 2.33. The van der Waals surface area contributed by atoms with Crippen molar-refractivity contribution < 1.29 is 33.2 Å². The zero-order valence-electron chi connectivity index (χ0n) is 22.6. The third kappa shape index (κ3) is 8.01. The minimum Gasteiger partial charge on any atom is -0.447 e. The first-order valence-electron chi connectivity index (χ1n) is 13.2. The molecule has 2 heterocycles. The number of piperidine rings is 1. The average Bonchev–Trinajstić information content (AvgIpc) is 3.30. The number of ether oxygens (including phenoxy) is 1. The van der Waals surface area contributed by atoms with Gasteiger partial charge in [0.05, 0.1) is 30.2 Å². The number of alkyl halides is 2. The summed E-state index contributed by atoms with van der Waals surface area (Å²) in [6.45, 7) is 3.19. The molecule has 0 saturated carbocycles. The smallest absolute Gasteiger partial charge is 0.447 e. The van der Waals surface area contributed by atoms with Gasteiger partial charge in [-0.15, -0.1) is 0 Å². The summed E-state index contributed by atoms with van der Waals surface area (Å²) in [4.78, 5) is 28.9. The molecule has 2 amide bonds. The van der Waals surface area contributed by atoms with Crippen LogP contribution in [0.1, 0.15) is 50.7 Å². The number of nitriles is 2. The first kappa shape index (κ1) is 31.0. The highest BCUT2D eigenvalue weighted by Gasteiger charge is 2.43. The van der Waals surface area contributed by atoms with E-state index in [1.165, 1.54) is 11.0 Å². The van der Waals surface area contributed by atoms with Gasteiger partial charge >= 0.3 is 13.2 Å². The van der Waals surface area contributed by atoms with E-state index in [0.717, 1.165) is 6.42 Å². The Kier molecular flexibility index (Phi) is 10.3. The second-order valence-electron chi connectivity index (χ2n) is 10.7. The Bertz CT molecular complexity index is 1200. The van der Waals surface area contributed by atoms with Crippen molar-refractivity contribution in [3.05, 3.63) is 47.0 Å². The van der Waals surface area contributed by atoms with Crippen LogP contribution in [-0.4, -0.2) is 88.7 Å². The molecule has 0 bridgehead atoms. The third-order valence-electron chi connectivity index (χ3n) is 7.37. The van der Waals surface area contributed by atoms with Crippen molar-refractivity contribution in [2.45, 2.75) is 69.4 Å². The molecule has 1 aromatic carbocycles. The third-order valence-corrected chi connectivity index (χ3v) is 7.37. The van der Waals surface area contributed by atoms with Gasteiger partial charge in [0.25, 0.3) is 11.8 Å². The van der Waals surface area contributed by atoms with Crippen molar-refractivity contribution in [1.82, 2.24) is 15.1 Å². The Morgan fingerprint density at radius 2 is 2.00 bits per heavy atom. The van der Waals surface area contributed by atoms with E-state index in [2.05, 4.69) is 5.32 Å². The number of nitrogens with zero attached hydrogens (tertiary/aromatic N) is 4. The number of nitrogens with one attached hydrogen (secondary N) is 1. The lowest BCUT2D eigenvalue weighted by Crippen LogP contribution is -2.50. The summed E-state index contributed by atoms with van der Waals surface area (Å²) in [6, 6.07) is 9.98. The number of rotatable bonds is 9. The molecule has 0 aromatic heterocycles. The fourth-order valence-electron chi connectivity index (χ4n) is 5.05. The van der Waals surface area contributed by atoms with Crippen LogP contribution in [0.4, 0.5) is 13.6 Å². The van der Waals surface area contributed by atoms with Gasteiger partial charge in [-0.1, -0.05) is 18.2 Å². The summed E-state index contributed by atoms with van der Waals surface area (Å²) in [5, 5.41) is 41.0. The molecular weight excluding hydrogens is 523 g/mol. The maximum atomic E-state index is 13.8. The maximum Gasteiger partial charge on any atom is 0.475 e. The molecule has 2 atom stereocenters. The number of halogens is 2. The number of hydrogen-bond acceptors (Lipinski definition) is 8. The molecule has 2 aliphatic heterocycles. The first-order chi connectivity index (χ1) is 18.9. The fraction of sp³-hybridized carbons (Fsp3) is 0.556. The number of benzene rings is 1. The van der Waals surface area contributed by atoms with Crippen molar-refractivity contribution in [1.29, 1.82) is 10.5 Å². The minimum absolute atomic E-state index is 0.0282. The number of carbonyl (C=O) groups is 2. The van der Waals surface area contributed by atoms with Crippen LogP contribution in [0.2, 0.25) is 0 Å². The van der Waals surface area contributed by atoms with E-state index in [-0.39, 0.29) is 31.6 Å². The van der Waals surface area contributed by atoms with Gasteiger partial charge in [0.1, 0.15) is 18.2 Å². The number of hydrogen-bond donors (Lipinski definition) is 3. The van der Waals surface area contributed by atoms with Gasteiger partial charge in [-0.2, -0.15) is 10.5 Å². The SMILES string of the molecule is CC(C)(C=C(C#N)C(=O)N1CCCC[C@@H]1COC(=O)N[C@@H](Cc1ccccc1C#N)B(O)O)N1CCC(F)(F)C1. The van der Waals surface area contributed by atoms with Crippen molar-refractivity contribution >= 4 is 19.1 Å². The van der Waals surface area contributed by atoms with E-state index < -0.39 is 49.1 Å². The van der Waals surface area contributed by atoms with E-state index in [9.17, 15) is 38.9 Å². The van der Waals surface area contributed by atoms with Crippen LogP contribution >= 0.6 is 0 Å². The fourth-order valence-corrected chi connectivity index (χ4v) is 5.05. The summed E-state index contributed by atoms with van der Waals surface area (Å²) >= 11 is 0. The van der Waals surface area contributed by atoms with E-state index in [1.807, 2.05) is 12.1 Å². The lowest BCUT2D eigenvalue weighted by Gasteiger charge is -2.36.